The summed E-state index contributed by atoms with van der Waals surface area (Å²) < 4.78 is 42.6. The molecule has 0 aliphatic carbocycles. The van der Waals surface area contributed by atoms with E-state index >= 15 is 0 Å². The maximum Gasteiger partial charge on any atom is 0.416 e. The van der Waals surface area contributed by atoms with Gasteiger partial charge in [-0.05, 0) is 17.7 Å². The molecule has 0 spiro atoms. The maximum absolute atomic E-state index is 12.7. The lowest BCUT2D eigenvalue weighted by Gasteiger charge is -2.15. The number of nitrogens with one attached hydrogen (secondary N) is 2. The Balaban J connectivity index is 0.00000529. The second kappa shape index (κ2) is 10.4. The number of ether oxygens (including phenoxy) is 1. The summed E-state index contributed by atoms with van der Waals surface area (Å²) in [6.45, 7) is 2.17. The molecule has 1 aromatic carbocycles. The predicted molar refractivity (Wildman–Crippen MR) is 96.2 cm³/mol. The van der Waals surface area contributed by atoms with E-state index in [-0.39, 0.29) is 42.4 Å². The number of esters is 1. The third-order valence-electron chi connectivity index (χ3n) is 3.12. The first-order valence-electron chi connectivity index (χ1n) is 6.96. The van der Waals surface area contributed by atoms with Gasteiger partial charge in [-0.15, -0.1) is 24.0 Å². The van der Waals surface area contributed by atoms with E-state index in [4.69, 9.17) is 0 Å². The molecule has 1 unspecified atom stereocenters. The fraction of sp³-hybridized carbons (Fsp3) is 0.467. The second-order valence-corrected chi connectivity index (χ2v) is 4.93. The van der Waals surface area contributed by atoms with Gasteiger partial charge in [-0.1, -0.05) is 19.1 Å². The van der Waals surface area contributed by atoms with Gasteiger partial charge >= 0.3 is 12.1 Å². The molecule has 0 saturated heterocycles. The SMILES string of the molecule is CN=C(NCc1cccc(C(F)(F)F)c1)NCC(C)C(=O)OC.I. The average molecular weight is 459 g/mol. The highest BCUT2D eigenvalue weighted by Gasteiger charge is 2.30. The smallest absolute Gasteiger partial charge is 0.416 e. The minimum absolute atomic E-state index is 0. The Morgan fingerprint density at radius 1 is 1.33 bits per heavy atom. The minimum Gasteiger partial charge on any atom is -0.469 e. The summed E-state index contributed by atoms with van der Waals surface area (Å²) in [6.07, 6.45) is -4.37. The molecule has 0 aliphatic rings. The molecule has 0 bridgehead atoms. The number of hydrogen-bond donors (Lipinski definition) is 2. The highest BCUT2D eigenvalue weighted by atomic mass is 127. The Bertz CT molecular complexity index is 565. The van der Waals surface area contributed by atoms with Crippen molar-refractivity contribution >= 4 is 35.9 Å². The first-order valence-corrected chi connectivity index (χ1v) is 6.96. The van der Waals surface area contributed by atoms with Crippen LogP contribution in [-0.4, -0.2) is 32.6 Å². The fourth-order valence-electron chi connectivity index (χ4n) is 1.80. The minimum atomic E-state index is -4.37. The number of halogens is 4. The number of nitrogens with zero attached hydrogens (tertiary/aromatic N) is 1. The zero-order valence-electron chi connectivity index (χ0n) is 13.6. The van der Waals surface area contributed by atoms with Crippen LogP contribution in [0.25, 0.3) is 0 Å². The van der Waals surface area contributed by atoms with Crippen molar-refractivity contribution in [2.24, 2.45) is 10.9 Å². The zero-order chi connectivity index (χ0) is 17.5. The molecule has 0 aliphatic heterocycles. The molecule has 5 nitrogen and oxygen atoms in total. The Kier molecular flexibility index (Phi) is 9.71. The molecule has 0 radical (unpaired) electrons. The van der Waals surface area contributed by atoms with Crippen LogP contribution in [0.1, 0.15) is 18.1 Å². The predicted octanol–water partition coefficient (Wildman–Crippen LogP) is 2.80. The van der Waals surface area contributed by atoms with Gasteiger partial charge in [0.05, 0.1) is 18.6 Å². The second-order valence-electron chi connectivity index (χ2n) is 4.93. The van der Waals surface area contributed by atoms with Gasteiger partial charge in [0.25, 0.3) is 0 Å². The lowest BCUT2D eigenvalue weighted by molar-refractivity contribution is -0.144. The van der Waals surface area contributed by atoms with Crippen LogP contribution in [0.5, 0.6) is 0 Å². The van der Waals surface area contributed by atoms with Crippen molar-refractivity contribution in [2.45, 2.75) is 19.6 Å². The van der Waals surface area contributed by atoms with E-state index in [9.17, 15) is 18.0 Å². The first-order chi connectivity index (χ1) is 10.8. The van der Waals surface area contributed by atoms with Crippen LogP contribution in [0, 0.1) is 5.92 Å². The van der Waals surface area contributed by atoms with Gasteiger partial charge < -0.3 is 15.4 Å². The normalized spacial score (nSPS) is 12.8. The topological polar surface area (TPSA) is 62.7 Å². The van der Waals surface area contributed by atoms with Gasteiger partial charge in [-0.2, -0.15) is 13.2 Å². The van der Waals surface area contributed by atoms with Crippen LogP contribution in [-0.2, 0) is 22.3 Å². The summed E-state index contributed by atoms with van der Waals surface area (Å²) in [5.74, 6) is -0.337. The number of alkyl halides is 3. The number of methoxy groups -OCH3 is 1. The number of benzene rings is 1. The van der Waals surface area contributed by atoms with Gasteiger partial charge in [0, 0.05) is 20.1 Å². The van der Waals surface area contributed by atoms with Crippen LogP contribution in [0.4, 0.5) is 13.2 Å². The third-order valence-corrected chi connectivity index (χ3v) is 3.12. The summed E-state index contributed by atoms with van der Waals surface area (Å²) in [4.78, 5) is 15.2. The van der Waals surface area contributed by atoms with Gasteiger partial charge in [-0.25, -0.2) is 0 Å². The number of rotatable bonds is 5. The highest BCUT2D eigenvalue weighted by molar-refractivity contribution is 14.0. The number of carbonyl (C=O) groups excluding carboxylic acids is 1. The average Bonchev–Trinajstić information content (AvgIpc) is 2.53. The molecule has 9 heteroatoms. The zero-order valence-corrected chi connectivity index (χ0v) is 15.9. The Labute approximate surface area is 156 Å². The maximum atomic E-state index is 12.7. The molecule has 0 aromatic heterocycles. The molecule has 1 aromatic rings. The van der Waals surface area contributed by atoms with E-state index in [1.54, 1.807) is 13.0 Å². The molecule has 2 N–H and O–H groups in total. The van der Waals surface area contributed by atoms with Gasteiger partial charge in [0.2, 0.25) is 0 Å². The summed E-state index contributed by atoms with van der Waals surface area (Å²) in [5, 5.41) is 5.81. The van der Waals surface area contributed by atoms with E-state index in [1.807, 2.05) is 0 Å². The van der Waals surface area contributed by atoms with Crippen molar-refractivity contribution in [1.29, 1.82) is 0 Å². The molecule has 0 fully saturated rings. The quantitative estimate of drug-likeness (QED) is 0.308. The number of carbonyl (C=O) groups is 1. The standard InChI is InChI=1S/C15H20F3N3O2.HI/c1-10(13(22)23-3)8-20-14(19-2)21-9-11-5-4-6-12(7-11)15(16,17)18;/h4-7,10H,8-9H2,1-3H3,(H2,19,20,21);1H. The molecule has 1 atom stereocenters. The fourth-order valence-corrected chi connectivity index (χ4v) is 1.80. The van der Waals surface area contributed by atoms with Crippen molar-refractivity contribution in [3.63, 3.8) is 0 Å². The van der Waals surface area contributed by atoms with Gasteiger partial charge in [-0.3, -0.25) is 9.79 Å². The monoisotopic (exact) mass is 459 g/mol. The Morgan fingerprint density at radius 2 is 2.00 bits per heavy atom. The third kappa shape index (κ3) is 7.37. The molecule has 24 heavy (non-hydrogen) atoms. The lowest BCUT2D eigenvalue weighted by atomic mass is 10.1. The van der Waals surface area contributed by atoms with E-state index in [0.29, 0.717) is 18.1 Å². The van der Waals surface area contributed by atoms with Crippen LogP contribution in [0.2, 0.25) is 0 Å². The van der Waals surface area contributed by atoms with Crippen LogP contribution >= 0.6 is 24.0 Å². The van der Waals surface area contributed by atoms with Crippen molar-refractivity contribution in [3.05, 3.63) is 35.4 Å². The van der Waals surface area contributed by atoms with E-state index < -0.39 is 11.7 Å². The highest BCUT2D eigenvalue weighted by Crippen LogP contribution is 2.29. The summed E-state index contributed by atoms with van der Waals surface area (Å²) in [5.41, 5.74) is -0.220. The molecule has 136 valence electrons. The summed E-state index contributed by atoms with van der Waals surface area (Å²) >= 11 is 0. The van der Waals surface area contributed by atoms with Gasteiger partial charge in [0.1, 0.15) is 0 Å². The molecular formula is C15H21F3IN3O2. The van der Waals surface area contributed by atoms with Crippen molar-refractivity contribution in [2.75, 3.05) is 20.7 Å². The molecule has 1 rings (SSSR count). The first kappa shape index (κ1) is 22.5. The lowest BCUT2D eigenvalue weighted by Crippen LogP contribution is -2.40. The van der Waals surface area contributed by atoms with Crippen molar-refractivity contribution in [1.82, 2.24) is 10.6 Å². The largest absolute Gasteiger partial charge is 0.469 e. The number of hydrogen-bond acceptors (Lipinski definition) is 3. The van der Waals surface area contributed by atoms with Crippen LogP contribution in [0.15, 0.2) is 29.3 Å². The molecule has 0 amide bonds. The van der Waals surface area contributed by atoms with E-state index in [1.165, 1.54) is 20.2 Å². The molecular weight excluding hydrogens is 438 g/mol. The molecule has 0 heterocycles. The van der Waals surface area contributed by atoms with Crippen LogP contribution < -0.4 is 10.6 Å². The van der Waals surface area contributed by atoms with E-state index in [0.717, 1.165) is 12.1 Å². The number of guanidine groups is 1. The summed E-state index contributed by atoms with van der Waals surface area (Å²) in [6, 6.07) is 5.05. The van der Waals surface area contributed by atoms with E-state index in [2.05, 4.69) is 20.4 Å². The van der Waals surface area contributed by atoms with Gasteiger partial charge in [0.15, 0.2) is 5.96 Å². The van der Waals surface area contributed by atoms with Crippen molar-refractivity contribution in [3.8, 4) is 0 Å². The van der Waals surface area contributed by atoms with Crippen LogP contribution in [0.3, 0.4) is 0 Å². The molecule has 0 saturated carbocycles. The Morgan fingerprint density at radius 3 is 2.54 bits per heavy atom. The Hall–Kier alpha value is -1.52. The van der Waals surface area contributed by atoms with Crippen molar-refractivity contribution < 1.29 is 22.7 Å². The summed E-state index contributed by atoms with van der Waals surface area (Å²) in [7, 11) is 2.84. The number of aliphatic imine (C=N–C) groups is 1.